The largest absolute Gasteiger partial charge is 0.355 e. The van der Waals surface area contributed by atoms with Gasteiger partial charge < -0.3 is 5.32 Å². The Balaban J connectivity index is 1.37. The van der Waals surface area contributed by atoms with E-state index in [0.29, 0.717) is 11.8 Å². The molecule has 0 radical (unpaired) electrons. The Labute approximate surface area is 233 Å². The SMILES string of the molecule is C1=CC2c3ccccc3C3(c4ccc(Nc5ccccc5)cc4Sc4cc(-c5ccccc5)ccc43)C2C=C1. The van der Waals surface area contributed by atoms with Crippen LogP contribution in [0.15, 0.2) is 155 Å². The monoisotopic (exact) mass is 517 g/mol. The zero-order valence-corrected chi connectivity index (χ0v) is 22.2. The molecule has 1 N–H and O–H groups in total. The average Bonchev–Trinajstić information content (AvgIpc) is 3.29. The summed E-state index contributed by atoms with van der Waals surface area (Å²) < 4.78 is 0. The van der Waals surface area contributed by atoms with Crippen LogP contribution in [0, 0.1) is 5.92 Å². The number of benzene rings is 5. The summed E-state index contributed by atoms with van der Waals surface area (Å²) in [6.07, 6.45) is 9.33. The van der Waals surface area contributed by atoms with E-state index in [4.69, 9.17) is 0 Å². The Morgan fingerprint density at radius 2 is 1.23 bits per heavy atom. The van der Waals surface area contributed by atoms with Crippen molar-refractivity contribution in [1.29, 1.82) is 0 Å². The second-order valence-corrected chi connectivity index (χ2v) is 11.7. The number of hydrogen-bond donors (Lipinski definition) is 1. The molecular weight excluding hydrogens is 490 g/mol. The maximum Gasteiger partial charge on any atom is 0.0548 e. The van der Waals surface area contributed by atoms with Gasteiger partial charge in [-0.05, 0) is 63.7 Å². The van der Waals surface area contributed by atoms with E-state index in [9.17, 15) is 0 Å². The lowest BCUT2D eigenvalue weighted by atomic mass is 9.63. The first kappa shape index (κ1) is 22.7. The van der Waals surface area contributed by atoms with Crippen molar-refractivity contribution in [2.75, 3.05) is 5.32 Å². The van der Waals surface area contributed by atoms with Crippen LogP contribution in [0.2, 0.25) is 0 Å². The van der Waals surface area contributed by atoms with Gasteiger partial charge in [0.25, 0.3) is 0 Å². The first-order chi connectivity index (χ1) is 19.3. The molecule has 0 amide bonds. The Morgan fingerprint density at radius 3 is 2.08 bits per heavy atom. The third kappa shape index (κ3) is 3.41. The fourth-order valence-electron chi connectivity index (χ4n) is 7.00. The fraction of sp³-hybridized carbons (Fsp3) is 0.0811. The molecule has 1 spiro atoms. The number of para-hydroxylation sites is 1. The van der Waals surface area contributed by atoms with E-state index in [-0.39, 0.29) is 5.41 Å². The fourth-order valence-corrected chi connectivity index (χ4v) is 8.28. The summed E-state index contributed by atoms with van der Waals surface area (Å²) in [5.41, 5.74) is 10.2. The number of anilines is 2. The van der Waals surface area contributed by atoms with Crippen LogP contribution >= 0.6 is 11.8 Å². The third-order valence-electron chi connectivity index (χ3n) is 8.58. The molecule has 3 atom stereocenters. The van der Waals surface area contributed by atoms with Gasteiger partial charge in [0.1, 0.15) is 0 Å². The van der Waals surface area contributed by atoms with E-state index in [0.717, 1.165) is 11.4 Å². The highest BCUT2D eigenvalue weighted by Gasteiger charge is 2.55. The molecule has 1 aliphatic heterocycles. The van der Waals surface area contributed by atoms with Gasteiger partial charge in [0.05, 0.1) is 5.41 Å². The van der Waals surface area contributed by atoms with E-state index in [1.54, 1.807) is 0 Å². The zero-order valence-electron chi connectivity index (χ0n) is 21.4. The Kier molecular flexibility index (Phi) is 5.18. The molecular formula is C37H27NS. The Bertz CT molecular complexity index is 1770. The summed E-state index contributed by atoms with van der Waals surface area (Å²) in [7, 11) is 0. The highest BCUT2D eigenvalue weighted by Crippen LogP contribution is 2.64. The van der Waals surface area contributed by atoms with Gasteiger partial charge in [0, 0.05) is 33.0 Å². The molecule has 0 saturated heterocycles. The van der Waals surface area contributed by atoms with E-state index >= 15 is 0 Å². The minimum absolute atomic E-state index is 0.237. The number of allylic oxidation sites excluding steroid dienone is 4. The molecule has 186 valence electrons. The van der Waals surface area contributed by atoms with Crippen molar-refractivity contribution in [2.45, 2.75) is 21.1 Å². The maximum absolute atomic E-state index is 3.63. The molecule has 1 nitrogen and oxygen atoms in total. The minimum Gasteiger partial charge on any atom is -0.355 e. The van der Waals surface area contributed by atoms with E-state index in [1.807, 2.05) is 11.8 Å². The van der Waals surface area contributed by atoms with Gasteiger partial charge in [-0.1, -0.05) is 127 Å². The predicted octanol–water partition coefficient (Wildman–Crippen LogP) is 9.74. The van der Waals surface area contributed by atoms with Crippen LogP contribution in [0.25, 0.3) is 11.1 Å². The van der Waals surface area contributed by atoms with Crippen LogP contribution in [0.5, 0.6) is 0 Å². The van der Waals surface area contributed by atoms with Crippen LogP contribution in [-0.4, -0.2) is 0 Å². The minimum atomic E-state index is -0.237. The van der Waals surface area contributed by atoms with Crippen molar-refractivity contribution < 1.29 is 0 Å². The molecule has 5 aromatic carbocycles. The van der Waals surface area contributed by atoms with Gasteiger partial charge in [-0.3, -0.25) is 0 Å². The van der Waals surface area contributed by atoms with Gasteiger partial charge in [-0.2, -0.15) is 0 Å². The molecule has 0 fully saturated rings. The predicted molar refractivity (Wildman–Crippen MR) is 163 cm³/mol. The van der Waals surface area contributed by atoms with Crippen molar-refractivity contribution in [1.82, 2.24) is 0 Å². The molecule has 1 heterocycles. The molecule has 5 aromatic rings. The lowest BCUT2D eigenvalue weighted by Gasteiger charge is -2.43. The maximum atomic E-state index is 3.63. The van der Waals surface area contributed by atoms with Crippen LogP contribution in [0.4, 0.5) is 11.4 Å². The summed E-state index contributed by atoms with van der Waals surface area (Å²) in [5.74, 6) is 0.694. The van der Waals surface area contributed by atoms with E-state index in [2.05, 4.69) is 151 Å². The van der Waals surface area contributed by atoms with Crippen molar-refractivity contribution in [3.63, 3.8) is 0 Å². The van der Waals surface area contributed by atoms with E-state index < -0.39 is 0 Å². The zero-order chi connectivity index (χ0) is 25.8. The van der Waals surface area contributed by atoms with Crippen LogP contribution in [0.1, 0.15) is 28.2 Å². The standard InChI is InChI=1S/C37H27NS/c1-3-11-25(12-4-1)26-19-21-33-35(23-26)39-36-24-28(38-27-13-5-2-6-14-27)20-22-34(36)37(33)31-17-9-7-15-29(31)30-16-8-10-18-32(30)37/h1-24,29,31,38H. The molecule has 39 heavy (non-hydrogen) atoms. The molecule has 0 saturated carbocycles. The molecule has 2 heteroatoms. The normalized spacial score (nSPS) is 21.6. The van der Waals surface area contributed by atoms with Gasteiger partial charge in [-0.25, -0.2) is 0 Å². The number of rotatable bonds is 3. The lowest BCUT2D eigenvalue weighted by molar-refractivity contribution is 0.442. The highest BCUT2D eigenvalue weighted by molar-refractivity contribution is 7.99. The summed E-state index contributed by atoms with van der Waals surface area (Å²) >= 11 is 1.91. The van der Waals surface area contributed by atoms with Crippen molar-refractivity contribution >= 4 is 23.1 Å². The smallest absolute Gasteiger partial charge is 0.0548 e. The summed E-state index contributed by atoms with van der Waals surface area (Å²) in [6, 6.07) is 44.5. The second kappa shape index (κ2) is 8.90. The summed E-state index contributed by atoms with van der Waals surface area (Å²) in [6.45, 7) is 0. The second-order valence-electron chi connectivity index (χ2n) is 10.6. The molecule has 8 rings (SSSR count). The summed E-state index contributed by atoms with van der Waals surface area (Å²) in [5, 5.41) is 3.63. The van der Waals surface area contributed by atoms with Gasteiger partial charge in [0.2, 0.25) is 0 Å². The van der Waals surface area contributed by atoms with Gasteiger partial charge >= 0.3 is 0 Å². The third-order valence-corrected chi connectivity index (χ3v) is 9.70. The quantitative estimate of drug-likeness (QED) is 0.256. The van der Waals surface area contributed by atoms with Crippen molar-refractivity contribution in [3.8, 4) is 11.1 Å². The van der Waals surface area contributed by atoms with Crippen molar-refractivity contribution in [2.24, 2.45) is 5.92 Å². The molecule has 0 bridgehead atoms. The first-order valence-corrected chi connectivity index (χ1v) is 14.4. The van der Waals surface area contributed by atoms with Crippen LogP contribution in [-0.2, 0) is 5.41 Å². The number of fused-ring (bicyclic) bond motifs is 9. The van der Waals surface area contributed by atoms with Gasteiger partial charge in [0.15, 0.2) is 0 Å². The van der Waals surface area contributed by atoms with Crippen LogP contribution in [0.3, 0.4) is 0 Å². The van der Waals surface area contributed by atoms with Crippen LogP contribution < -0.4 is 5.32 Å². The lowest BCUT2D eigenvalue weighted by Crippen LogP contribution is -2.37. The molecule has 3 aliphatic rings. The average molecular weight is 518 g/mol. The molecule has 3 unspecified atom stereocenters. The number of nitrogens with one attached hydrogen (secondary N) is 1. The van der Waals surface area contributed by atoms with E-state index in [1.165, 1.54) is 43.2 Å². The van der Waals surface area contributed by atoms with Gasteiger partial charge in [-0.15, -0.1) is 0 Å². The topological polar surface area (TPSA) is 12.0 Å². The molecule has 0 aromatic heterocycles. The summed E-state index contributed by atoms with van der Waals surface area (Å²) in [4.78, 5) is 2.67. The first-order valence-electron chi connectivity index (χ1n) is 13.6. The Hall–Kier alpha value is -4.27. The number of hydrogen-bond acceptors (Lipinski definition) is 2. The molecule has 2 aliphatic carbocycles. The Morgan fingerprint density at radius 1 is 0.538 bits per heavy atom. The highest BCUT2D eigenvalue weighted by atomic mass is 32.2. The van der Waals surface area contributed by atoms with Crippen molar-refractivity contribution in [3.05, 3.63) is 168 Å².